The van der Waals surface area contributed by atoms with Crippen molar-refractivity contribution in [1.29, 1.82) is 0 Å². The third-order valence-electron chi connectivity index (χ3n) is 2.78. The molecule has 0 aromatic rings. The van der Waals surface area contributed by atoms with E-state index in [1.165, 1.54) is 7.11 Å². The van der Waals surface area contributed by atoms with E-state index < -0.39 is 5.41 Å². The molecule has 0 aliphatic heterocycles. The van der Waals surface area contributed by atoms with Gasteiger partial charge in [-0.3, -0.25) is 4.79 Å². The van der Waals surface area contributed by atoms with E-state index >= 15 is 0 Å². The maximum Gasteiger partial charge on any atom is 0.312 e. The Morgan fingerprint density at radius 1 is 1.54 bits per heavy atom. The van der Waals surface area contributed by atoms with Crippen LogP contribution >= 0.6 is 0 Å². The summed E-state index contributed by atoms with van der Waals surface area (Å²) in [6.45, 7) is 5.77. The van der Waals surface area contributed by atoms with Crippen molar-refractivity contribution < 1.29 is 14.3 Å². The number of aldehydes is 1. The Labute approximate surface area is 79.5 Å². The predicted octanol–water partition coefficient (Wildman–Crippen LogP) is 1.80. The summed E-state index contributed by atoms with van der Waals surface area (Å²) in [5, 5.41) is 0. The fourth-order valence-electron chi connectivity index (χ4n) is 1.60. The van der Waals surface area contributed by atoms with Crippen molar-refractivity contribution in [1.82, 2.24) is 0 Å². The molecule has 0 saturated carbocycles. The van der Waals surface area contributed by atoms with E-state index in [1.807, 2.05) is 20.8 Å². The largest absolute Gasteiger partial charge is 0.469 e. The van der Waals surface area contributed by atoms with Crippen molar-refractivity contribution >= 4 is 12.3 Å². The van der Waals surface area contributed by atoms with Gasteiger partial charge < -0.3 is 9.53 Å². The second-order valence-corrected chi connectivity index (χ2v) is 3.53. The third kappa shape index (κ3) is 2.29. The van der Waals surface area contributed by atoms with Gasteiger partial charge in [-0.2, -0.15) is 0 Å². The van der Waals surface area contributed by atoms with Crippen LogP contribution in [0.1, 0.15) is 33.6 Å². The van der Waals surface area contributed by atoms with Gasteiger partial charge in [-0.05, 0) is 12.3 Å². The van der Waals surface area contributed by atoms with E-state index in [0.717, 1.165) is 6.29 Å². The van der Waals surface area contributed by atoms with Crippen LogP contribution in [0.2, 0.25) is 0 Å². The van der Waals surface area contributed by atoms with Gasteiger partial charge in [0, 0.05) is 6.42 Å². The van der Waals surface area contributed by atoms with Crippen LogP contribution in [0.4, 0.5) is 0 Å². The van der Waals surface area contributed by atoms with Crippen LogP contribution in [0.15, 0.2) is 0 Å². The molecule has 0 radical (unpaired) electrons. The topological polar surface area (TPSA) is 43.4 Å². The highest BCUT2D eigenvalue weighted by atomic mass is 16.5. The Kier molecular flexibility index (Phi) is 4.67. The molecule has 0 aliphatic rings. The zero-order valence-corrected chi connectivity index (χ0v) is 8.79. The number of ether oxygens (including phenoxy) is 1. The van der Waals surface area contributed by atoms with Gasteiger partial charge in [0.05, 0.1) is 12.5 Å². The molecule has 1 unspecified atom stereocenters. The van der Waals surface area contributed by atoms with E-state index in [2.05, 4.69) is 0 Å². The Bertz CT molecular complexity index is 187. The fraction of sp³-hybridized carbons (Fsp3) is 0.800. The molecule has 0 aliphatic carbocycles. The molecule has 0 bridgehead atoms. The fourth-order valence-corrected chi connectivity index (χ4v) is 1.60. The average Bonchev–Trinajstić information content (AvgIpc) is 2.12. The van der Waals surface area contributed by atoms with Gasteiger partial charge in [-0.25, -0.2) is 0 Å². The quantitative estimate of drug-likeness (QED) is 0.485. The molecule has 0 aromatic carbocycles. The normalized spacial score (nSPS) is 15.2. The molecule has 0 fully saturated rings. The maximum absolute atomic E-state index is 11.5. The summed E-state index contributed by atoms with van der Waals surface area (Å²) < 4.78 is 4.72. The van der Waals surface area contributed by atoms with Crippen LogP contribution in [0.25, 0.3) is 0 Å². The summed E-state index contributed by atoms with van der Waals surface area (Å²) in [6.07, 6.45) is 1.67. The van der Waals surface area contributed by atoms with Crippen molar-refractivity contribution in [3.8, 4) is 0 Å². The molecule has 0 rings (SSSR count). The Morgan fingerprint density at radius 2 is 2.08 bits per heavy atom. The van der Waals surface area contributed by atoms with E-state index in [-0.39, 0.29) is 18.3 Å². The summed E-state index contributed by atoms with van der Waals surface area (Å²) in [6, 6.07) is 0. The molecule has 1 atom stereocenters. The van der Waals surface area contributed by atoms with E-state index in [9.17, 15) is 9.59 Å². The van der Waals surface area contributed by atoms with Gasteiger partial charge >= 0.3 is 5.97 Å². The van der Waals surface area contributed by atoms with Crippen LogP contribution < -0.4 is 0 Å². The first kappa shape index (κ1) is 12.1. The molecular formula is C10H18O3. The molecule has 3 heteroatoms. The van der Waals surface area contributed by atoms with Crippen LogP contribution in [0.5, 0.6) is 0 Å². The van der Waals surface area contributed by atoms with E-state index in [1.54, 1.807) is 0 Å². The zero-order valence-electron chi connectivity index (χ0n) is 8.79. The molecule has 76 valence electrons. The molecule has 3 nitrogen and oxygen atoms in total. The Hall–Kier alpha value is -0.860. The molecule has 0 heterocycles. The molecule has 0 saturated heterocycles. The van der Waals surface area contributed by atoms with Gasteiger partial charge in [0.2, 0.25) is 0 Å². The first-order chi connectivity index (χ1) is 6.05. The highest BCUT2D eigenvalue weighted by Gasteiger charge is 2.40. The summed E-state index contributed by atoms with van der Waals surface area (Å²) in [5.41, 5.74) is -0.628. The van der Waals surface area contributed by atoms with Crippen molar-refractivity contribution in [2.45, 2.75) is 33.6 Å². The van der Waals surface area contributed by atoms with Crippen LogP contribution in [0, 0.1) is 11.3 Å². The predicted molar refractivity (Wildman–Crippen MR) is 50.3 cm³/mol. The molecule has 13 heavy (non-hydrogen) atoms. The van der Waals surface area contributed by atoms with Crippen molar-refractivity contribution in [2.75, 3.05) is 7.11 Å². The third-order valence-corrected chi connectivity index (χ3v) is 2.78. The lowest BCUT2D eigenvalue weighted by Crippen LogP contribution is -2.37. The Balaban J connectivity index is 4.84. The Morgan fingerprint density at radius 3 is 2.31 bits per heavy atom. The second kappa shape index (κ2) is 5.00. The minimum atomic E-state index is -0.628. The van der Waals surface area contributed by atoms with E-state index in [0.29, 0.717) is 6.42 Å². The lowest BCUT2D eigenvalue weighted by atomic mass is 9.73. The number of methoxy groups -OCH3 is 1. The summed E-state index contributed by atoms with van der Waals surface area (Å²) in [4.78, 5) is 22.0. The second-order valence-electron chi connectivity index (χ2n) is 3.53. The van der Waals surface area contributed by atoms with Crippen LogP contribution in [0.3, 0.4) is 0 Å². The number of rotatable bonds is 5. The van der Waals surface area contributed by atoms with Gasteiger partial charge in [-0.15, -0.1) is 0 Å². The van der Waals surface area contributed by atoms with Gasteiger partial charge in [0.25, 0.3) is 0 Å². The minimum absolute atomic E-state index is 0.121. The lowest BCUT2D eigenvalue weighted by molar-refractivity contribution is -0.157. The smallest absolute Gasteiger partial charge is 0.312 e. The highest BCUT2D eigenvalue weighted by Crippen LogP contribution is 2.35. The average molecular weight is 186 g/mol. The first-order valence-electron chi connectivity index (χ1n) is 4.57. The van der Waals surface area contributed by atoms with Crippen LogP contribution in [-0.2, 0) is 14.3 Å². The first-order valence-corrected chi connectivity index (χ1v) is 4.57. The van der Waals surface area contributed by atoms with Gasteiger partial charge in [-0.1, -0.05) is 20.8 Å². The zero-order chi connectivity index (χ0) is 10.5. The van der Waals surface area contributed by atoms with Crippen molar-refractivity contribution in [3.05, 3.63) is 0 Å². The SMILES string of the molecule is CCC(CC=O)(C(=O)OC)C(C)C. The lowest BCUT2D eigenvalue weighted by Gasteiger charge is -2.31. The summed E-state index contributed by atoms with van der Waals surface area (Å²) in [7, 11) is 1.36. The van der Waals surface area contributed by atoms with Crippen LogP contribution in [-0.4, -0.2) is 19.4 Å². The maximum atomic E-state index is 11.5. The highest BCUT2D eigenvalue weighted by molar-refractivity contribution is 5.80. The number of carbonyl (C=O) groups excluding carboxylic acids is 2. The molecule has 0 amide bonds. The van der Waals surface area contributed by atoms with E-state index in [4.69, 9.17) is 4.74 Å². The molecule has 0 spiro atoms. The standard InChI is InChI=1S/C10H18O3/c1-5-10(6-7-11,8(2)3)9(12)13-4/h7-8H,5-6H2,1-4H3. The monoisotopic (exact) mass is 186 g/mol. The number of hydrogen-bond donors (Lipinski definition) is 0. The summed E-state index contributed by atoms with van der Waals surface area (Å²) >= 11 is 0. The minimum Gasteiger partial charge on any atom is -0.469 e. The summed E-state index contributed by atoms with van der Waals surface area (Å²) in [5.74, 6) is -0.160. The molecule has 0 aromatic heterocycles. The number of carbonyl (C=O) groups is 2. The van der Waals surface area contributed by atoms with Crippen molar-refractivity contribution in [2.24, 2.45) is 11.3 Å². The number of hydrogen-bond acceptors (Lipinski definition) is 3. The van der Waals surface area contributed by atoms with Crippen molar-refractivity contribution in [3.63, 3.8) is 0 Å². The van der Waals surface area contributed by atoms with Gasteiger partial charge in [0.15, 0.2) is 0 Å². The van der Waals surface area contributed by atoms with Gasteiger partial charge in [0.1, 0.15) is 6.29 Å². The molecule has 0 N–H and O–H groups in total. The molecular weight excluding hydrogens is 168 g/mol. The number of esters is 1.